The van der Waals surface area contributed by atoms with E-state index in [4.69, 9.17) is 0 Å². The molecule has 132 valence electrons. The number of likely N-dealkylation sites (tertiary alicyclic amines) is 2. The van der Waals surface area contributed by atoms with Crippen molar-refractivity contribution in [2.45, 2.75) is 45.1 Å². The monoisotopic (exact) mass is 348 g/mol. The van der Waals surface area contributed by atoms with Crippen LogP contribution in [0.5, 0.6) is 0 Å². The molecule has 3 fully saturated rings. The Morgan fingerprint density at radius 1 is 1.33 bits per heavy atom. The first-order valence-corrected chi connectivity index (χ1v) is 10.2. The van der Waals surface area contributed by atoms with E-state index in [1.807, 2.05) is 7.05 Å². The summed E-state index contributed by atoms with van der Waals surface area (Å²) in [6.45, 7) is 5.27. The van der Waals surface area contributed by atoms with E-state index in [2.05, 4.69) is 25.5 Å². The lowest BCUT2D eigenvalue weighted by Crippen LogP contribution is -2.51. The van der Waals surface area contributed by atoms with Crippen LogP contribution in [0.4, 0.5) is 5.13 Å². The van der Waals surface area contributed by atoms with Crippen LogP contribution in [0.1, 0.15) is 44.2 Å². The summed E-state index contributed by atoms with van der Waals surface area (Å²) in [7, 11) is 1.92. The van der Waals surface area contributed by atoms with Crippen molar-refractivity contribution in [3.8, 4) is 0 Å². The van der Waals surface area contributed by atoms with Crippen molar-refractivity contribution >= 4 is 22.4 Å². The van der Waals surface area contributed by atoms with E-state index in [1.165, 1.54) is 31.4 Å². The van der Waals surface area contributed by atoms with Gasteiger partial charge in [0.05, 0.1) is 5.69 Å². The maximum atomic E-state index is 12.2. The molecule has 24 heavy (non-hydrogen) atoms. The number of nitrogens with zero attached hydrogens (tertiary/aromatic N) is 3. The van der Waals surface area contributed by atoms with Crippen molar-refractivity contribution in [2.75, 3.05) is 38.5 Å². The van der Waals surface area contributed by atoms with Gasteiger partial charge in [-0.15, -0.1) is 11.3 Å². The fourth-order valence-electron chi connectivity index (χ4n) is 4.20. The van der Waals surface area contributed by atoms with E-state index >= 15 is 0 Å². The second-order valence-electron chi connectivity index (χ2n) is 7.89. The molecule has 1 aromatic rings. The Labute approximate surface area is 148 Å². The number of hydrogen-bond acceptors (Lipinski definition) is 5. The molecule has 6 heteroatoms. The van der Waals surface area contributed by atoms with Gasteiger partial charge in [-0.25, -0.2) is 4.98 Å². The predicted octanol–water partition coefficient (Wildman–Crippen LogP) is 2.80. The number of rotatable bonds is 5. The zero-order chi connectivity index (χ0) is 16.6. The summed E-state index contributed by atoms with van der Waals surface area (Å²) in [6, 6.07) is 0. The Balaban J connectivity index is 1.32. The van der Waals surface area contributed by atoms with Crippen LogP contribution in [0, 0.1) is 11.3 Å². The molecule has 0 bridgehead atoms. The number of carbonyl (C=O) groups excluding carboxylic acids is 1. The SMILES string of the molecule is CNc1nc(CN2CCC3(CCC(=O)N(CC4CC4)C3)CC2)cs1. The standard InChI is InChI=1S/C18H28N4OS/c1-19-17-20-15(12-24-17)11-21-8-6-18(7-9-21)5-4-16(23)22(13-18)10-14-2-3-14/h12,14H,2-11,13H2,1H3,(H,19,20). The number of nitrogens with one attached hydrogen (secondary N) is 1. The van der Waals surface area contributed by atoms with Crippen molar-refractivity contribution in [3.05, 3.63) is 11.1 Å². The average Bonchev–Trinajstić information content (AvgIpc) is 3.29. The Morgan fingerprint density at radius 2 is 2.12 bits per heavy atom. The normalized spacial score (nSPS) is 24.5. The molecule has 0 atom stereocenters. The third kappa shape index (κ3) is 3.59. The summed E-state index contributed by atoms with van der Waals surface area (Å²) in [6.07, 6.45) is 6.97. The minimum atomic E-state index is 0.386. The first kappa shape index (κ1) is 16.3. The maximum Gasteiger partial charge on any atom is 0.222 e. The Hall–Kier alpha value is -1.14. The van der Waals surface area contributed by atoms with Gasteiger partial charge < -0.3 is 10.2 Å². The zero-order valence-corrected chi connectivity index (χ0v) is 15.4. The van der Waals surface area contributed by atoms with Crippen LogP contribution in [-0.2, 0) is 11.3 Å². The molecule has 5 nitrogen and oxygen atoms in total. The lowest BCUT2D eigenvalue weighted by molar-refractivity contribution is -0.139. The molecule has 3 heterocycles. The molecule has 2 saturated heterocycles. The van der Waals surface area contributed by atoms with E-state index in [-0.39, 0.29) is 0 Å². The van der Waals surface area contributed by atoms with Crippen LogP contribution in [0.3, 0.4) is 0 Å². The molecule has 0 aromatic carbocycles. The Kier molecular flexibility index (Phi) is 4.52. The minimum Gasteiger partial charge on any atom is -0.365 e. The summed E-state index contributed by atoms with van der Waals surface area (Å²) in [5.41, 5.74) is 1.56. The number of anilines is 1. The molecule has 1 amide bonds. The van der Waals surface area contributed by atoms with Gasteiger partial charge in [-0.2, -0.15) is 0 Å². The fourth-order valence-corrected chi connectivity index (χ4v) is 4.86. The summed E-state index contributed by atoms with van der Waals surface area (Å²) < 4.78 is 0. The molecule has 3 aliphatic rings. The number of piperidine rings is 2. The fraction of sp³-hybridized carbons (Fsp3) is 0.778. The summed E-state index contributed by atoms with van der Waals surface area (Å²) >= 11 is 1.68. The second kappa shape index (κ2) is 6.64. The van der Waals surface area contributed by atoms with Crippen molar-refractivity contribution in [2.24, 2.45) is 11.3 Å². The third-order valence-corrected chi connectivity index (χ3v) is 6.90. The van der Waals surface area contributed by atoms with Crippen LogP contribution < -0.4 is 5.32 Å². The second-order valence-corrected chi connectivity index (χ2v) is 8.75. The smallest absolute Gasteiger partial charge is 0.222 e. The van der Waals surface area contributed by atoms with Gasteiger partial charge in [-0.1, -0.05) is 0 Å². The van der Waals surface area contributed by atoms with Crippen LogP contribution in [0.15, 0.2) is 5.38 Å². The maximum absolute atomic E-state index is 12.2. The van der Waals surface area contributed by atoms with Gasteiger partial charge in [0, 0.05) is 38.5 Å². The van der Waals surface area contributed by atoms with E-state index in [0.29, 0.717) is 11.3 Å². The van der Waals surface area contributed by atoms with Crippen molar-refractivity contribution in [1.82, 2.24) is 14.8 Å². The largest absolute Gasteiger partial charge is 0.365 e. The number of hydrogen-bond donors (Lipinski definition) is 1. The molecule has 2 aliphatic heterocycles. The van der Waals surface area contributed by atoms with Crippen molar-refractivity contribution in [3.63, 3.8) is 0 Å². The number of thiazole rings is 1. The Morgan fingerprint density at radius 3 is 2.79 bits per heavy atom. The van der Waals surface area contributed by atoms with Gasteiger partial charge in [0.1, 0.15) is 0 Å². The van der Waals surface area contributed by atoms with Gasteiger partial charge in [0.15, 0.2) is 5.13 Å². The molecule has 1 aromatic heterocycles. The molecule has 0 radical (unpaired) electrons. The minimum absolute atomic E-state index is 0.386. The van der Waals surface area contributed by atoms with Gasteiger partial charge in [0.25, 0.3) is 0 Å². The molecule has 1 aliphatic carbocycles. The molecule has 0 unspecified atom stereocenters. The zero-order valence-electron chi connectivity index (χ0n) is 14.6. The molecule has 1 N–H and O–H groups in total. The lowest BCUT2D eigenvalue weighted by atomic mass is 9.72. The average molecular weight is 349 g/mol. The summed E-state index contributed by atoms with van der Waals surface area (Å²) in [4.78, 5) is 21.5. The summed E-state index contributed by atoms with van der Waals surface area (Å²) in [5, 5.41) is 6.27. The topological polar surface area (TPSA) is 48.5 Å². The highest BCUT2D eigenvalue weighted by Gasteiger charge is 2.42. The van der Waals surface area contributed by atoms with Crippen molar-refractivity contribution < 1.29 is 4.79 Å². The van der Waals surface area contributed by atoms with Gasteiger partial charge >= 0.3 is 0 Å². The van der Waals surface area contributed by atoms with Crippen LogP contribution in [0.2, 0.25) is 0 Å². The van der Waals surface area contributed by atoms with Gasteiger partial charge in [-0.05, 0) is 56.5 Å². The number of carbonyl (C=O) groups is 1. The van der Waals surface area contributed by atoms with E-state index in [0.717, 1.165) is 56.6 Å². The van der Waals surface area contributed by atoms with Crippen LogP contribution >= 0.6 is 11.3 Å². The molecule has 1 saturated carbocycles. The first-order chi connectivity index (χ1) is 11.7. The highest BCUT2D eigenvalue weighted by Crippen LogP contribution is 2.42. The van der Waals surface area contributed by atoms with E-state index in [9.17, 15) is 4.79 Å². The van der Waals surface area contributed by atoms with E-state index < -0.39 is 0 Å². The third-order valence-electron chi connectivity index (χ3n) is 5.99. The van der Waals surface area contributed by atoms with E-state index in [1.54, 1.807) is 11.3 Å². The highest BCUT2D eigenvalue weighted by molar-refractivity contribution is 7.13. The molecular formula is C18H28N4OS. The first-order valence-electron chi connectivity index (χ1n) is 9.28. The molecule has 1 spiro atoms. The quantitative estimate of drug-likeness (QED) is 0.889. The molecular weight excluding hydrogens is 320 g/mol. The van der Waals surface area contributed by atoms with Gasteiger partial charge in [0.2, 0.25) is 5.91 Å². The predicted molar refractivity (Wildman–Crippen MR) is 97.1 cm³/mol. The van der Waals surface area contributed by atoms with Gasteiger partial charge in [-0.3, -0.25) is 9.69 Å². The lowest BCUT2D eigenvalue weighted by Gasteiger charge is -2.47. The summed E-state index contributed by atoms with van der Waals surface area (Å²) in [5.74, 6) is 1.20. The molecule has 4 rings (SSSR count). The number of amides is 1. The van der Waals surface area contributed by atoms with Crippen molar-refractivity contribution in [1.29, 1.82) is 0 Å². The van der Waals surface area contributed by atoms with Crippen LogP contribution in [-0.4, -0.2) is 53.9 Å². The Bertz CT molecular complexity index is 590. The highest BCUT2D eigenvalue weighted by atomic mass is 32.1. The number of aromatic nitrogens is 1. The van der Waals surface area contributed by atoms with Crippen LogP contribution in [0.25, 0.3) is 0 Å².